The minimum Gasteiger partial charge on any atom is -0.497 e. The van der Waals surface area contributed by atoms with Crippen molar-refractivity contribution in [3.63, 3.8) is 0 Å². The van der Waals surface area contributed by atoms with Gasteiger partial charge in [0.15, 0.2) is 0 Å². The molecule has 0 saturated heterocycles. The summed E-state index contributed by atoms with van der Waals surface area (Å²) >= 11 is 0. The predicted octanol–water partition coefficient (Wildman–Crippen LogP) is 3.30. The number of hydrogen-bond acceptors (Lipinski definition) is 3. The molecule has 0 spiro atoms. The minimum absolute atomic E-state index is 0.142. The average Bonchev–Trinajstić information content (AvgIpc) is 2.55. The molecule has 1 aromatic carbocycles. The van der Waals surface area contributed by atoms with Crippen molar-refractivity contribution in [1.82, 2.24) is 5.32 Å². The monoisotopic (exact) mass is 298 g/mol. The van der Waals surface area contributed by atoms with Gasteiger partial charge in [0, 0.05) is 6.04 Å². The molecule has 0 bridgehead atoms. The molecule has 4 nitrogen and oxygen atoms in total. The fourth-order valence-electron chi connectivity index (χ4n) is 2.79. The molecule has 2 atom stereocenters. The summed E-state index contributed by atoms with van der Waals surface area (Å²) in [4.78, 5) is 12.3. The van der Waals surface area contributed by atoms with Crippen LogP contribution in [0.15, 0.2) is 29.8 Å². The zero-order valence-corrected chi connectivity index (χ0v) is 13.1. The third kappa shape index (κ3) is 4.11. The quantitative estimate of drug-likeness (QED) is 0.685. The van der Waals surface area contributed by atoms with E-state index in [9.17, 15) is 10.1 Å². The van der Waals surface area contributed by atoms with Gasteiger partial charge < -0.3 is 10.1 Å². The first-order valence-corrected chi connectivity index (χ1v) is 7.70. The number of benzene rings is 1. The molecule has 1 N–H and O–H groups in total. The molecule has 1 amide bonds. The third-order valence-electron chi connectivity index (χ3n) is 4.22. The summed E-state index contributed by atoms with van der Waals surface area (Å²) in [6.45, 7) is 2.16. The predicted molar refractivity (Wildman–Crippen MR) is 86.1 cm³/mol. The summed E-state index contributed by atoms with van der Waals surface area (Å²) in [5.41, 5.74) is 0.951. The van der Waals surface area contributed by atoms with Crippen LogP contribution in [0.4, 0.5) is 0 Å². The summed E-state index contributed by atoms with van der Waals surface area (Å²) in [5.74, 6) is 0.937. The molecule has 0 unspecified atom stereocenters. The van der Waals surface area contributed by atoms with Gasteiger partial charge in [-0.1, -0.05) is 31.9 Å². The lowest BCUT2D eigenvalue weighted by Gasteiger charge is -2.29. The molecule has 0 aliphatic heterocycles. The van der Waals surface area contributed by atoms with Crippen molar-refractivity contribution in [3.8, 4) is 11.8 Å². The molecule has 0 radical (unpaired) electrons. The van der Waals surface area contributed by atoms with Crippen LogP contribution in [0, 0.1) is 17.2 Å². The number of ether oxygens (including phenoxy) is 1. The van der Waals surface area contributed by atoms with E-state index in [0.717, 1.165) is 30.6 Å². The van der Waals surface area contributed by atoms with E-state index in [0.29, 0.717) is 5.92 Å². The molecular weight excluding hydrogens is 276 g/mol. The highest BCUT2D eigenvalue weighted by Gasteiger charge is 2.23. The molecule has 2 rings (SSSR count). The van der Waals surface area contributed by atoms with Crippen LogP contribution in [-0.4, -0.2) is 19.1 Å². The molecule has 1 aliphatic carbocycles. The summed E-state index contributed by atoms with van der Waals surface area (Å²) < 4.78 is 5.10. The van der Waals surface area contributed by atoms with Crippen molar-refractivity contribution in [2.24, 2.45) is 5.92 Å². The Kier molecular flexibility index (Phi) is 5.60. The lowest BCUT2D eigenvalue weighted by Crippen LogP contribution is -2.41. The molecule has 1 aliphatic rings. The molecule has 0 aromatic heterocycles. The van der Waals surface area contributed by atoms with Crippen LogP contribution < -0.4 is 10.1 Å². The van der Waals surface area contributed by atoms with E-state index in [2.05, 4.69) is 12.2 Å². The van der Waals surface area contributed by atoms with Crippen molar-refractivity contribution in [2.45, 2.75) is 38.6 Å². The summed E-state index contributed by atoms with van der Waals surface area (Å²) in [6.07, 6.45) is 6.10. The van der Waals surface area contributed by atoms with Gasteiger partial charge in [0.1, 0.15) is 17.4 Å². The first kappa shape index (κ1) is 16.1. The Hall–Kier alpha value is -2.28. The maximum Gasteiger partial charge on any atom is 0.262 e. The Labute approximate surface area is 131 Å². The Morgan fingerprint density at radius 3 is 2.59 bits per heavy atom. The van der Waals surface area contributed by atoms with Gasteiger partial charge in [-0.2, -0.15) is 5.26 Å². The molecule has 0 heterocycles. The molecule has 22 heavy (non-hydrogen) atoms. The minimum atomic E-state index is -0.280. The van der Waals surface area contributed by atoms with Crippen LogP contribution in [0.5, 0.6) is 5.75 Å². The second kappa shape index (κ2) is 7.65. The fraction of sp³-hybridized carbons (Fsp3) is 0.444. The van der Waals surface area contributed by atoms with Gasteiger partial charge in [0.05, 0.1) is 7.11 Å². The first-order chi connectivity index (χ1) is 10.6. The Morgan fingerprint density at radius 2 is 2.00 bits per heavy atom. The number of nitrogens with zero attached hydrogens (tertiary/aromatic N) is 1. The standard InChI is InChI=1S/C18H22N2O2/c1-13-5-3-4-6-17(13)20-18(21)15(12-19)11-14-7-9-16(22-2)10-8-14/h7-11,13,17H,3-6H2,1-2H3,(H,20,21)/b15-11+/t13-,17-/m1/s1. The van der Waals surface area contributed by atoms with Gasteiger partial charge in [-0.05, 0) is 42.5 Å². The molecule has 116 valence electrons. The van der Waals surface area contributed by atoms with Gasteiger partial charge >= 0.3 is 0 Å². The smallest absolute Gasteiger partial charge is 0.262 e. The average molecular weight is 298 g/mol. The van der Waals surface area contributed by atoms with E-state index in [1.807, 2.05) is 30.3 Å². The number of methoxy groups -OCH3 is 1. The van der Waals surface area contributed by atoms with E-state index in [1.54, 1.807) is 13.2 Å². The van der Waals surface area contributed by atoms with Crippen LogP contribution in [0.1, 0.15) is 38.2 Å². The van der Waals surface area contributed by atoms with E-state index >= 15 is 0 Å². The van der Waals surface area contributed by atoms with Crippen molar-refractivity contribution < 1.29 is 9.53 Å². The van der Waals surface area contributed by atoms with Crippen LogP contribution in [0.25, 0.3) is 6.08 Å². The van der Waals surface area contributed by atoms with Gasteiger partial charge in [-0.3, -0.25) is 4.79 Å². The van der Waals surface area contributed by atoms with Crippen molar-refractivity contribution in [2.75, 3.05) is 7.11 Å². The van der Waals surface area contributed by atoms with Crippen LogP contribution in [0.2, 0.25) is 0 Å². The van der Waals surface area contributed by atoms with Crippen molar-refractivity contribution in [1.29, 1.82) is 5.26 Å². The largest absolute Gasteiger partial charge is 0.497 e. The third-order valence-corrected chi connectivity index (χ3v) is 4.22. The van der Waals surface area contributed by atoms with E-state index in [-0.39, 0.29) is 17.5 Å². The lowest BCUT2D eigenvalue weighted by molar-refractivity contribution is -0.118. The lowest BCUT2D eigenvalue weighted by atomic mass is 9.86. The molecule has 1 saturated carbocycles. The highest BCUT2D eigenvalue weighted by Crippen LogP contribution is 2.24. The summed E-state index contributed by atoms with van der Waals surface area (Å²) in [5, 5.41) is 12.3. The zero-order valence-electron chi connectivity index (χ0n) is 13.1. The van der Waals surface area contributed by atoms with Gasteiger partial charge in [0.25, 0.3) is 5.91 Å². The number of nitriles is 1. The number of amides is 1. The van der Waals surface area contributed by atoms with Gasteiger partial charge in [0.2, 0.25) is 0 Å². The Bertz CT molecular complexity index is 584. The number of rotatable bonds is 4. The first-order valence-electron chi connectivity index (χ1n) is 7.70. The Balaban J connectivity index is 2.07. The number of hydrogen-bond donors (Lipinski definition) is 1. The maximum absolute atomic E-state index is 12.3. The molecule has 1 aromatic rings. The summed E-state index contributed by atoms with van der Waals surface area (Å²) in [7, 11) is 1.60. The van der Waals surface area contributed by atoms with Crippen LogP contribution in [0.3, 0.4) is 0 Å². The van der Waals surface area contributed by atoms with E-state index < -0.39 is 0 Å². The molecule has 1 fully saturated rings. The number of carbonyl (C=O) groups excluding carboxylic acids is 1. The van der Waals surface area contributed by atoms with Crippen molar-refractivity contribution >= 4 is 12.0 Å². The second-order valence-corrected chi connectivity index (χ2v) is 5.78. The molecule has 4 heteroatoms. The van der Waals surface area contributed by atoms with Gasteiger partial charge in [-0.25, -0.2) is 0 Å². The Morgan fingerprint density at radius 1 is 1.32 bits per heavy atom. The highest BCUT2D eigenvalue weighted by molar-refractivity contribution is 6.01. The van der Waals surface area contributed by atoms with E-state index in [4.69, 9.17) is 4.74 Å². The topological polar surface area (TPSA) is 62.1 Å². The fourth-order valence-corrected chi connectivity index (χ4v) is 2.79. The normalized spacial score (nSPS) is 21.8. The summed E-state index contributed by atoms with van der Waals surface area (Å²) in [6, 6.07) is 9.44. The van der Waals surface area contributed by atoms with Crippen molar-refractivity contribution in [3.05, 3.63) is 35.4 Å². The number of carbonyl (C=O) groups is 1. The van der Waals surface area contributed by atoms with Crippen LogP contribution >= 0.6 is 0 Å². The SMILES string of the molecule is COc1ccc(/C=C(\C#N)C(=O)N[C@@H]2CCCC[C@H]2C)cc1. The maximum atomic E-state index is 12.3. The zero-order chi connectivity index (χ0) is 15.9. The number of nitrogens with one attached hydrogen (secondary N) is 1. The highest BCUT2D eigenvalue weighted by atomic mass is 16.5. The van der Waals surface area contributed by atoms with Crippen LogP contribution in [-0.2, 0) is 4.79 Å². The second-order valence-electron chi connectivity index (χ2n) is 5.78. The van der Waals surface area contributed by atoms with Gasteiger partial charge in [-0.15, -0.1) is 0 Å². The molecular formula is C18H22N2O2. The van der Waals surface area contributed by atoms with E-state index in [1.165, 1.54) is 6.42 Å².